The second kappa shape index (κ2) is 9.40. The summed E-state index contributed by atoms with van der Waals surface area (Å²) in [6.07, 6.45) is 2.13. The molecule has 2 aromatic carbocycles. The van der Waals surface area contributed by atoms with Gasteiger partial charge in [-0.3, -0.25) is 9.59 Å². The molecular weight excluding hydrogens is 352 g/mol. The first-order valence-electron chi connectivity index (χ1n) is 9.89. The Balaban J connectivity index is 1.48. The van der Waals surface area contributed by atoms with Crippen molar-refractivity contribution in [2.75, 3.05) is 33.3 Å². The molecule has 1 fully saturated rings. The van der Waals surface area contributed by atoms with Crippen molar-refractivity contribution < 1.29 is 14.3 Å². The summed E-state index contributed by atoms with van der Waals surface area (Å²) in [7, 11) is 1.64. The normalized spacial score (nSPS) is 14.1. The summed E-state index contributed by atoms with van der Waals surface area (Å²) in [6.45, 7) is 4.45. The average Bonchev–Trinajstić information content (AvgIpc) is 2.77. The molecule has 3 rings (SSSR count). The van der Waals surface area contributed by atoms with E-state index in [4.69, 9.17) is 4.74 Å². The highest BCUT2D eigenvalue weighted by atomic mass is 16.5. The van der Waals surface area contributed by atoms with Gasteiger partial charge in [0.05, 0.1) is 7.11 Å². The van der Waals surface area contributed by atoms with E-state index in [9.17, 15) is 9.59 Å². The highest BCUT2D eigenvalue weighted by Crippen LogP contribution is 2.15. The molecule has 0 unspecified atom stereocenters. The molecule has 1 saturated heterocycles. The van der Waals surface area contributed by atoms with Crippen molar-refractivity contribution >= 4 is 11.8 Å². The fourth-order valence-corrected chi connectivity index (χ4v) is 3.46. The molecule has 0 radical (unpaired) electrons. The van der Waals surface area contributed by atoms with E-state index in [1.165, 1.54) is 5.56 Å². The maximum absolute atomic E-state index is 12.7. The Hall–Kier alpha value is -2.82. The predicted molar refractivity (Wildman–Crippen MR) is 110 cm³/mol. The van der Waals surface area contributed by atoms with Crippen molar-refractivity contribution in [1.82, 2.24) is 9.80 Å². The lowest BCUT2D eigenvalue weighted by Crippen LogP contribution is -2.50. The van der Waals surface area contributed by atoms with Gasteiger partial charge in [0.2, 0.25) is 5.91 Å². The first-order valence-corrected chi connectivity index (χ1v) is 9.89. The SMILES string of the molecule is CCc1ccc(C(=O)N2CCN(C(=O)CCc3cccc(OC)c3)CC2)cc1. The Labute approximate surface area is 166 Å². The standard InChI is InChI=1S/C23H28N2O3/c1-3-18-7-10-20(11-8-18)23(27)25-15-13-24(14-16-25)22(26)12-9-19-5-4-6-21(17-19)28-2/h4-8,10-11,17H,3,9,12-16H2,1-2H3. The molecule has 1 heterocycles. The van der Waals surface area contributed by atoms with Crippen LogP contribution in [0, 0.1) is 0 Å². The van der Waals surface area contributed by atoms with Crippen LogP contribution in [0.15, 0.2) is 48.5 Å². The second-order valence-corrected chi connectivity index (χ2v) is 7.07. The number of benzene rings is 2. The average molecular weight is 380 g/mol. The number of nitrogens with zero attached hydrogens (tertiary/aromatic N) is 2. The van der Waals surface area contributed by atoms with Gasteiger partial charge in [0.1, 0.15) is 5.75 Å². The van der Waals surface area contributed by atoms with Gasteiger partial charge in [-0.1, -0.05) is 31.2 Å². The van der Waals surface area contributed by atoms with E-state index >= 15 is 0 Å². The van der Waals surface area contributed by atoms with E-state index in [-0.39, 0.29) is 11.8 Å². The minimum Gasteiger partial charge on any atom is -0.497 e. The molecule has 0 atom stereocenters. The molecule has 1 aliphatic rings. The molecular formula is C23H28N2O3. The van der Waals surface area contributed by atoms with Gasteiger partial charge in [-0.05, 0) is 48.2 Å². The fourth-order valence-electron chi connectivity index (χ4n) is 3.46. The minimum absolute atomic E-state index is 0.0473. The van der Waals surface area contributed by atoms with Crippen LogP contribution >= 0.6 is 0 Å². The summed E-state index contributed by atoms with van der Waals surface area (Å²) in [5, 5.41) is 0. The third kappa shape index (κ3) is 4.91. The summed E-state index contributed by atoms with van der Waals surface area (Å²) in [5.41, 5.74) is 3.04. The number of carbonyl (C=O) groups excluding carboxylic acids is 2. The number of piperazine rings is 1. The van der Waals surface area contributed by atoms with Crippen molar-refractivity contribution in [3.05, 3.63) is 65.2 Å². The lowest BCUT2D eigenvalue weighted by atomic mass is 10.1. The molecule has 0 saturated carbocycles. The van der Waals surface area contributed by atoms with Crippen molar-refractivity contribution in [2.45, 2.75) is 26.2 Å². The van der Waals surface area contributed by atoms with Gasteiger partial charge in [0.25, 0.3) is 5.91 Å². The molecule has 0 N–H and O–H groups in total. The van der Waals surface area contributed by atoms with Crippen LogP contribution in [0.3, 0.4) is 0 Å². The molecule has 0 aliphatic carbocycles. The quantitative estimate of drug-likeness (QED) is 0.773. The number of amides is 2. The van der Waals surface area contributed by atoms with Crippen molar-refractivity contribution in [3.8, 4) is 5.75 Å². The van der Waals surface area contributed by atoms with E-state index < -0.39 is 0 Å². The molecule has 0 bridgehead atoms. The van der Waals surface area contributed by atoms with Gasteiger partial charge in [-0.2, -0.15) is 0 Å². The van der Waals surface area contributed by atoms with Crippen LogP contribution in [-0.4, -0.2) is 54.9 Å². The van der Waals surface area contributed by atoms with Crippen LogP contribution in [-0.2, 0) is 17.6 Å². The minimum atomic E-state index is 0.0473. The molecule has 1 aliphatic heterocycles. The molecule has 148 valence electrons. The van der Waals surface area contributed by atoms with E-state index in [2.05, 4.69) is 6.92 Å². The number of rotatable bonds is 6. The van der Waals surface area contributed by atoms with Crippen LogP contribution < -0.4 is 4.74 Å². The monoisotopic (exact) mass is 380 g/mol. The molecule has 28 heavy (non-hydrogen) atoms. The van der Waals surface area contributed by atoms with Gasteiger partial charge in [0, 0.05) is 38.2 Å². The van der Waals surface area contributed by atoms with Crippen molar-refractivity contribution in [2.24, 2.45) is 0 Å². The highest BCUT2D eigenvalue weighted by molar-refractivity contribution is 5.94. The maximum Gasteiger partial charge on any atom is 0.253 e. The lowest BCUT2D eigenvalue weighted by Gasteiger charge is -2.35. The Morgan fingerprint density at radius 1 is 0.929 bits per heavy atom. The zero-order chi connectivity index (χ0) is 19.9. The Morgan fingerprint density at radius 3 is 2.25 bits per heavy atom. The molecule has 5 heteroatoms. The van der Waals surface area contributed by atoms with Gasteiger partial charge in [0.15, 0.2) is 0 Å². The number of carbonyl (C=O) groups is 2. The highest BCUT2D eigenvalue weighted by Gasteiger charge is 2.24. The summed E-state index contributed by atoms with van der Waals surface area (Å²) >= 11 is 0. The van der Waals surface area contributed by atoms with Gasteiger partial charge in [-0.15, -0.1) is 0 Å². The van der Waals surface area contributed by atoms with Crippen LogP contribution in [0.5, 0.6) is 5.75 Å². The van der Waals surface area contributed by atoms with Crippen LogP contribution in [0.4, 0.5) is 0 Å². The van der Waals surface area contributed by atoms with Gasteiger partial charge in [-0.25, -0.2) is 0 Å². The molecule has 2 amide bonds. The number of aryl methyl sites for hydroxylation is 2. The lowest BCUT2D eigenvalue weighted by molar-refractivity contribution is -0.132. The molecule has 2 aromatic rings. The van der Waals surface area contributed by atoms with E-state index in [1.807, 2.05) is 58.3 Å². The zero-order valence-electron chi connectivity index (χ0n) is 16.7. The Morgan fingerprint density at radius 2 is 1.61 bits per heavy atom. The third-order valence-corrected chi connectivity index (χ3v) is 5.29. The van der Waals surface area contributed by atoms with Gasteiger partial charge >= 0.3 is 0 Å². The van der Waals surface area contributed by atoms with Crippen molar-refractivity contribution in [1.29, 1.82) is 0 Å². The Kier molecular flexibility index (Phi) is 6.69. The van der Waals surface area contributed by atoms with E-state index in [0.29, 0.717) is 39.0 Å². The molecule has 5 nitrogen and oxygen atoms in total. The van der Waals surface area contributed by atoms with Crippen LogP contribution in [0.2, 0.25) is 0 Å². The molecule has 0 spiro atoms. The van der Waals surface area contributed by atoms with E-state index in [0.717, 1.165) is 23.3 Å². The smallest absolute Gasteiger partial charge is 0.253 e. The molecule has 0 aromatic heterocycles. The third-order valence-electron chi connectivity index (χ3n) is 5.29. The summed E-state index contributed by atoms with van der Waals surface area (Å²) in [4.78, 5) is 28.9. The summed E-state index contributed by atoms with van der Waals surface area (Å²) in [6, 6.07) is 15.6. The topological polar surface area (TPSA) is 49.9 Å². The number of hydrogen-bond acceptors (Lipinski definition) is 3. The number of methoxy groups -OCH3 is 1. The van der Waals surface area contributed by atoms with E-state index in [1.54, 1.807) is 7.11 Å². The first-order chi connectivity index (χ1) is 13.6. The maximum atomic E-state index is 12.7. The van der Waals surface area contributed by atoms with Crippen LogP contribution in [0.25, 0.3) is 0 Å². The summed E-state index contributed by atoms with van der Waals surface area (Å²) < 4.78 is 5.23. The van der Waals surface area contributed by atoms with Crippen molar-refractivity contribution in [3.63, 3.8) is 0 Å². The second-order valence-electron chi connectivity index (χ2n) is 7.07. The Bertz CT molecular complexity index is 809. The number of hydrogen-bond donors (Lipinski definition) is 0. The largest absolute Gasteiger partial charge is 0.497 e. The number of ether oxygens (including phenoxy) is 1. The summed E-state index contributed by atoms with van der Waals surface area (Å²) in [5.74, 6) is 0.998. The fraction of sp³-hybridized carbons (Fsp3) is 0.391. The van der Waals surface area contributed by atoms with Gasteiger partial charge < -0.3 is 14.5 Å². The first kappa shape index (κ1) is 19.9. The van der Waals surface area contributed by atoms with Crippen LogP contribution in [0.1, 0.15) is 34.8 Å². The predicted octanol–water partition coefficient (Wildman–Crippen LogP) is 3.17. The zero-order valence-corrected chi connectivity index (χ0v) is 16.7.